The number of aromatic nitrogens is 2. The average Bonchev–Trinajstić information content (AvgIpc) is 2.14. The van der Waals surface area contributed by atoms with Gasteiger partial charge < -0.3 is 5.84 Å². The molecule has 0 spiro atoms. The van der Waals surface area contributed by atoms with E-state index < -0.39 is 0 Å². The minimum Gasteiger partial charge on any atom is -0.323 e. The van der Waals surface area contributed by atoms with Gasteiger partial charge in [-0.25, -0.2) is 4.98 Å². The molecule has 0 bridgehead atoms. The Balaban J connectivity index is 2.43. The number of nitrogens with one attached hydrogen (secondary N) is 1. The van der Waals surface area contributed by atoms with Crippen molar-refractivity contribution in [3.63, 3.8) is 0 Å². The van der Waals surface area contributed by atoms with Crippen molar-refractivity contribution < 1.29 is 0 Å². The normalized spacial score (nSPS) is 11.0. The predicted octanol–water partition coefficient (Wildman–Crippen LogP) is -0.181. The van der Waals surface area contributed by atoms with Gasteiger partial charge in [0.2, 0.25) is 0 Å². The van der Waals surface area contributed by atoms with Crippen molar-refractivity contribution in [1.29, 1.82) is 0 Å². The molecule has 0 atom stereocenters. The topological polar surface area (TPSA) is 88.5 Å². The number of anilines is 1. The first-order chi connectivity index (χ1) is 5.93. The minimum absolute atomic E-state index is 0.569. The van der Waals surface area contributed by atoms with Gasteiger partial charge in [0.25, 0.3) is 0 Å². The maximum absolute atomic E-state index is 4.83. The van der Waals surface area contributed by atoms with Crippen LogP contribution in [0.4, 0.5) is 5.82 Å². The van der Waals surface area contributed by atoms with E-state index in [9.17, 15) is 0 Å². The highest BCUT2D eigenvalue weighted by molar-refractivity contribution is 6.16. The number of hydrogen-bond donors (Lipinski definition) is 2. The number of nitrogens with two attached hydrogens (primary N) is 1. The van der Waals surface area contributed by atoms with E-state index in [0.717, 1.165) is 0 Å². The number of rotatable bonds is 3. The first kappa shape index (κ1) is 8.12. The molecule has 0 saturated carbocycles. The number of hydrazone groups is 2. The van der Waals surface area contributed by atoms with Crippen LogP contribution in [0.1, 0.15) is 0 Å². The molecule has 1 heterocycles. The van der Waals surface area contributed by atoms with Crippen molar-refractivity contribution in [1.82, 2.24) is 9.97 Å². The molecule has 0 unspecified atom stereocenters. The van der Waals surface area contributed by atoms with Crippen molar-refractivity contribution in [3.05, 3.63) is 18.6 Å². The van der Waals surface area contributed by atoms with Crippen LogP contribution in [0.15, 0.2) is 28.8 Å². The van der Waals surface area contributed by atoms with Crippen molar-refractivity contribution in [3.8, 4) is 0 Å². The summed E-state index contributed by atoms with van der Waals surface area (Å²) in [4.78, 5) is 7.74. The van der Waals surface area contributed by atoms with Gasteiger partial charge in [-0.1, -0.05) is 0 Å². The van der Waals surface area contributed by atoms with E-state index in [2.05, 4.69) is 25.6 Å². The van der Waals surface area contributed by atoms with Crippen molar-refractivity contribution in [2.45, 2.75) is 0 Å². The van der Waals surface area contributed by atoms with Crippen LogP contribution in [0, 0.1) is 0 Å². The fraction of sp³-hybridized carbons (Fsp3) is 0. The van der Waals surface area contributed by atoms with Crippen LogP contribution < -0.4 is 11.3 Å². The second-order valence-corrected chi connectivity index (χ2v) is 1.78. The Bertz CT molecular complexity index is 267. The van der Waals surface area contributed by atoms with Gasteiger partial charge in [0, 0.05) is 12.4 Å². The zero-order chi connectivity index (χ0) is 8.65. The molecule has 1 rings (SSSR count). The first-order valence-corrected chi connectivity index (χ1v) is 3.20. The lowest BCUT2D eigenvalue weighted by Crippen LogP contribution is -1.93. The molecule has 0 aromatic carbocycles. The first-order valence-electron chi connectivity index (χ1n) is 3.20. The highest BCUT2D eigenvalue weighted by Crippen LogP contribution is 1.94. The Morgan fingerprint density at radius 1 is 1.42 bits per heavy atom. The fourth-order valence-corrected chi connectivity index (χ4v) is 0.532. The summed E-state index contributed by atoms with van der Waals surface area (Å²) < 4.78 is 0. The number of hydrogen-bond acceptors (Lipinski definition) is 6. The van der Waals surface area contributed by atoms with E-state index in [0.29, 0.717) is 5.82 Å². The Labute approximate surface area is 69.2 Å². The Morgan fingerprint density at radius 3 is 3.00 bits per heavy atom. The molecule has 62 valence electrons. The lowest BCUT2D eigenvalue weighted by atomic mass is 10.7. The van der Waals surface area contributed by atoms with Crippen LogP contribution in [-0.2, 0) is 0 Å². The molecule has 0 fully saturated rings. The van der Waals surface area contributed by atoms with Crippen LogP contribution in [-0.4, -0.2) is 22.4 Å². The van der Waals surface area contributed by atoms with E-state index in [-0.39, 0.29) is 0 Å². The second kappa shape index (κ2) is 4.78. The van der Waals surface area contributed by atoms with E-state index in [1.807, 2.05) is 0 Å². The molecule has 1 aromatic heterocycles. The minimum atomic E-state index is 0.569. The van der Waals surface area contributed by atoms with E-state index in [1.165, 1.54) is 12.4 Å². The molecule has 0 radical (unpaired) electrons. The molecule has 0 aliphatic heterocycles. The van der Waals surface area contributed by atoms with Gasteiger partial charge in [-0.15, -0.1) is 0 Å². The summed E-state index contributed by atoms with van der Waals surface area (Å²) in [6, 6.07) is 0. The van der Waals surface area contributed by atoms with Crippen LogP contribution in [0.5, 0.6) is 0 Å². The van der Waals surface area contributed by atoms with Gasteiger partial charge in [0.1, 0.15) is 0 Å². The van der Waals surface area contributed by atoms with Crippen molar-refractivity contribution >= 4 is 18.2 Å². The molecule has 6 heteroatoms. The van der Waals surface area contributed by atoms with Gasteiger partial charge in [0.05, 0.1) is 18.6 Å². The summed E-state index contributed by atoms with van der Waals surface area (Å²) in [5.41, 5.74) is 2.63. The monoisotopic (exact) mass is 164 g/mol. The zero-order valence-corrected chi connectivity index (χ0v) is 6.25. The average molecular weight is 164 g/mol. The van der Waals surface area contributed by atoms with Crippen LogP contribution in [0.3, 0.4) is 0 Å². The summed E-state index contributed by atoms with van der Waals surface area (Å²) in [6.07, 6.45) is 7.46. The SMILES string of the molecule is N/N=C/C=N/Nc1cnccn1. The summed E-state index contributed by atoms with van der Waals surface area (Å²) in [5.74, 6) is 5.40. The predicted molar refractivity (Wildman–Crippen MR) is 46.8 cm³/mol. The van der Waals surface area contributed by atoms with E-state index >= 15 is 0 Å². The molecule has 0 aliphatic carbocycles. The third-order valence-electron chi connectivity index (χ3n) is 0.970. The molecule has 1 aromatic rings. The van der Waals surface area contributed by atoms with Crippen LogP contribution in [0.25, 0.3) is 0 Å². The largest absolute Gasteiger partial charge is 0.323 e. The molecule has 3 N–H and O–H groups in total. The fourth-order valence-electron chi connectivity index (χ4n) is 0.532. The zero-order valence-electron chi connectivity index (χ0n) is 6.25. The molecular weight excluding hydrogens is 156 g/mol. The maximum atomic E-state index is 4.83. The Morgan fingerprint density at radius 2 is 2.33 bits per heavy atom. The smallest absolute Gasteiger partial charge is 0.164 e. The highest BCUT2D eigenvalue weighted by Gasteiger charge is 1.84. The lowest BCUT2D eigenvalue weighted by molar-refractivity contribution is 1.16. The molecule has 0 aliphatic rings. The summed E-state index contributed by atoms with van der Waals surface area (Å²) in [7, 11) is 0. The van der Waals surface area contributed by atoms with Crippen LogP contribution >= 0.6 is 0 Å². The lowest BCUT2D eigenvalue weighted by Gasteiger charge is -1.94. The molecule has 6 nitrogen and oxygen atoms in total. The second-order valence-electron chi connectivity index (χ2n) is 1.78. The Hall–Kier alpha value is -1.98. The summed E-state index contributed by atoms with van der Waals surface area (Å²) >= 11 is 0. The van der Waals surface area contributed by atoms with Gasteiger partial charge >= 0.3 is 0 Å². The molecule has 12 heavy (non-hydrogen) atoms. The third kappa shape index (κ3) is 2.74. The van der Waals surface area contributed by atoms with E-state index in [1.54, 1.807) is 18.6 Å². The van der Waals surface area contributed by atoms with Crippen molar-refractivity contribution in [2.24, 2.45) is 16.0 Å². The van der Waals surface area contributed by atoms with Gasteiger partial charge in [0.15, 0.2) is 5.82 Å². The summed E-state index contributed by atoms with van der Waals surface area (Å²) in [6.45, 7) is 0. The third-order valence-corrected chi connectivity index (χ3v) is 0.970. The van der Waals surface area contributed by atoms with Crippen molar-refractivity contribution in [2.75, 3.05) is 5.43 Å². The van der Waals surface area contributed by atoms with Crippen LogP contribution in [0.2, 0.25) is 0 Å². The number of nitrogens with zero attached hydrogens (tertiary/aromatic N) is 4. The maximum Gasteiger partial charge on any atom is 0.164 e. The highest BCUT2D eigenvalue weighted by atomic mass is 15.3. The van der Waals surface area contributed by atoms with Gasteiger partial charge in [-0.2, -0.15) is 10.2 Å². The quantitative estimate of drug-likeness (QED) is 0.368. The summed E-state index contributed by atoms with van der Waals surface area (Å²) in [5, 5.41) is 6.94. The van der Waals surface area contributed by atoms with E-state index in [4.69, 9.17) is 5.84 Å². The molecule has 0 saturated heterocycles. The molecular formula is C6H8N6. The van der Waals surface area contributed by atoms with Gasteiger partial charge in [-0.3, -0.25) is 10.4 Å². The molecule has 0 amide bonds. The standard InChI is InChI=1S/C6H8N6/c7-10-3-4-11-12-6-5-8-1-2-9-6/h1-5H,7H2,(H,9,12)/b10-3+,11-4+. The van der Waals surface area contributed by atoms with Gasteiger partial charge in [-0.05, 0) is 0 Å². The Kier molecular flexibility index (Phi) is 3.23.